The van der Waals surface area contributed by atoms with Crippen molar-refractivity contribution >= 4 is 23.7 Å². The summed E-state index contributed by atoms with van der Waals surface area (Å²) in [5.41, 5.74) is 4.35. The fourth-order valence-corrected chi connectivity index (χ4v) is 6.18. The van der Waals surface area contributed by atoms with Crippen molar-refractivity contribution < 1.29 is 4.74 Å². The lowest BCUT2D eigenvalue weighted by atomic mass is 9.99. The van der Waals surface area contributed by atoms with Crippen LogP contribution in [0.3, 0.4) is 0 Å². The molecule has 2 aliphatic heterocycles. The number of nitrogens with zero attached hydrogens (tertiary/aromatic N) is 2. The first kappa shape index (κ1) is 23.0. The summed E-state index contributed by atoms with van der Waals surface area (Å²) >= 11 is 3.84. The number of rotatable bonds is 10. The highest BCUT2D eigenvalue weighted by atomic mass is 32.2. The molecular weight excluding hydrogens is 420 g/mol. The maximum Gasteiger partial charge on any atom is 0.132 e. The van der Waals surface area contributed by atoms with Crippen LogP contribution in [-0.2, 0) is 19.6 Å². The number of benzene rings is 2. The molecule has 5 heteroatoms. The standard InChI is InChI=1S/C26H36N2OS2/c1-3-4-15-31-26-16-22(17-27-18-23-7-5-6-8-24(23)19-27)9-10-25(26)29-20-21-11-13-28(30-2)14-12-21/h5-10,16,21H,3-4,11-15,17-20H2,1-2H3. The van der Waals surface area contributed by atoms with Crippen molar-refractivity contribution in [1.29, 1.82) is 0 Å². The van der Waals surface area contributed by atoms with Gasteiger partial charge in [0.1, 0.15) is 5.75 Å². The predicted octanol–water partition coefficient (Wildman–Crippen LogP) is 6.46. The molecule has 1 fully saturated rings. The summed E-state index contributed by atoms with van der Waals surface area (Å²) in [6.07, 6.45) is 7.16. The van der Waals surface area contributed by atoms with Gasteiger partial charge in [-0.3, -0.25) is 9.21 Å². The van der Waals surface area contributed by atoms with Gasteiger partial charge in [-0.15, -0.1) is 11.8 Å². The van der Waals surface area contributed by atoms with Crippen LogP contribution in [0.15, 0.2) is 47.4 Å². The highest BCUT2D eigenvalue weighted by molar-refractivity contribution is 7.99. The van der Waals surface area contributed by atoms with Crippen molar-refractivity contribution in [2.75, 3.05) is 31.7 Å². The molecule has 168 valence electrons. The Bertz CT molecular complexity index is 811. The Morgan fingerprint density at radius 3 is 2.45 bits per heavy atom. The smallest absolute Gasteiger partial charge is 0.132 e. The van der Waals surface area contributed by atoms with Crippen LogP contribution in [0.4, 0.5) is 0 Å². The van der Waals surface area contributed by atoms with Gasteiger partial charge >= 0.3 is 0 Å². The van der Waals surface area contributed by atoms with Gasteiger partial charge in [-0.05, 0) is 66.0 Å². The Kier molecular flexibility index (Phi) is 8.65. The van der Waals surface area contributed by atoms with E-state index < -0.39 is 0 Å². The van der Waals surface area contributed by atoms with Crippen LogP contribution in [0.5, 0.6) is 5.75 Å². The summed E-state index contributed by atoms with van der Waals surface area (Å²) in [6.45, 7) is 8.60. The Morgan fingerprint density at radius 2 is 1.77 bits per heavy atom. The van der Waals surface area contributed by atoms with E-state index in [0.29, 0.717) is 5.92 Å². The summed E-state index contributed by atoms with van der Waals surface area (Å²) < 4.78 is 8.86. The minimum absolute atomic E-state index is 0.680. The van der Waals surface area contributed by atoms with E-state index >= 15 is 0 Å². The van der Waals surface area contributed by atoms with E-state index in [9.17, 15) is 0 Å². The first-order chi connectivity index (χ1) is 15.2. The third-order valence-electron chi connectivity index (χ3n) is 6.38. The maximum absolute atomic E-state index is 6.39. The summed E-state index contributed by atoms with van der Waals surface area (Å²) in [4.78, 5) is 3.87. The van der Waals surface area contributed by atoms with Crippen LogP contribution in [0.1, 0.15) is 49.3 Å². The number of piperidine rings is 1. The van der Waals surface area contributed by atoms with Gasteiger partial charge < -0.3 is 4.74 Å². The molecule has 2 heterocycles. The van der Waals surface area contributed by atoms with Crippen molar-refractivity contribution in [1.82, 2.24) is 9.21 Å². The molecule has 0 aromatic heterocycles. The van der Waals surface area contributed by atoms with E-state index in [1.54, 1.807) is 0 Å². The normalized spacial score (nSPS) is 17.7. The molecule has 0 bridgehead atoms. The lowest BCUT2D eigenvalue weighted by Gasteiger charge is -2.30. The third-order valence-corrected chi connectivity index (χ3v) is 8.39. The average molecular weight is 457 g/mol. The number of hydrogen-bond acceptors (Lipinski definition) is 5. The highest BCUT2D eigenvalue weighted by Crippen LogP contribution is 2.33. The van der Waals surface area contributed by atoms with Gasteiger partial charge in [-0.2, -0.15) is 0 Å². The number of unbranched alkanes of at least 4 members (excludes halogenated alkanes) is 1. The molecule has 0 aliphatic carbocycles. The first-order valence-corrected chi connectivity index (χ1v) is 13.9. The number of hydrogen-bond donors (Lipinski definition) is 0. The van der Waals surface area contributed by atoms with Crippen LogP contribution in [0.25, 0.3) is 0 Å². The molecule has 0 radical (unpaired) electrons. The van der Waals surface area contributed by atoms with Gasteiger partial charge in [-0.1, -0.05) is 55.6 Å². The summed E-state index contributed by atoms with van der Waals surface area (Å²) in [5, 5.41) is 0. The second-order valence-electron chi connectivity index (χ2n) is 8.76. The van der Waals surface area contributed by atoms with Crippen LogP contribution in [-0.4, -0.2) is 40.9 Å². The Balaban J connectivity index is 1.37. The average Bonchev–Trinajstić information content (AvgIpc) is 3.21. The van der Waals surface area contributed by atoms with Crippen molar-refractivity contribution in [3.8, 4) is 5.75 Å². The maximum atomic E-state index is 6.39. The highest BCUT2D eigenvalue weighted by Gasteiger charge is 2.21. The number of fused-ring (bicyclic) bond motifs is 1. The molecule has 3 nitrogen and oxygen atoms in total. The van der Waals surface area contributed by atoms with Crippen LogP contribution >= 0.6 is 23.7 Å². The lowest BCUT2D eigenvalue weighted by molar-refractivity contribution is 0.188. The third kappa shape index (κ3) is 6.44. The molecular formula is C26H36N2OS2. The lowest BCUT2D eigenvalue weighted by Crippen LogP contribution is -2.30. The molecule has 2 aromatic rings. The van der Waals surface area contributed by atoms with Gasteiger partial charge in [0, 0.05) is 37.6 Å². The van der Waals surface area contributed by atoms with Crippen molar-refractivity contribution in [2.24, 2.45) is 5.92 Å². The Hall–Kier alpha value is -1.14. The molecule has 0 atom stereocenters. The number of thioether (sulfide) groups is 1. The zero-order valence-electron chi connectivity index (χ0n) is 19.0. The van der Waals surface area contributed by atoms with Gasteiger partial charge in [0.25, 0.3) is 0 Å². The van der Waals surface area contributed by atoms with E-state index in [1.165, 1.54) is 60.4 Å². The quantitative estimate of drug-likeness (QED) is 0.231. The van der Waals surface area contributed by atoms with Crippen molar-refractivity contribution in [3.05, 3.63) is 59.2 Å². The molecule has 0 spiro atoms. The molecule has 4 rings (SSSR count). The molecule has 0 amide bonds. The van der Waals surface area contributed by atoms with E-state index in [2.05, 4.69) is 64.8 Å². The molecule has 2 aliphatic rings. The molecule has 1 saturated heterocycles. The summed E-state index contributed by atoms with van der Waals surface area (Å²) in [7, 11) is 0. The second-order valence-corrected chi connectivity index (χ2v) is 10.8. The van der Waals surface area contributed by atoms with Crippen LogP contribution < -0.4 is 4.74 Å². The zero-order chi connectivity index (χ0) is 21.5. The monoisotopic (exact) mass is 456 g/mol. The SMILES string of the molecule is CCCCSc1cc(CN2Cc3ccccc3C2)ccc1OCC1CCN(SC)CC1. The van der Waals surface area contributed by atoms with Crippen LogP contribution in [0.2, 0.25) is 0 Å². The van der Waals surface area contributed by atoms with Gasteiger partial charge in [0.05, 0.1) is 6.61 Å². The molecule has 2 aromatic carbocycles. The van der Waals surface area contributed by atoms with E-state index in [-0.39, 0.29) is 0 Å². The van der Waals surface area contributed by atoms with Gasteiger partial charge in [0.2, 0.25) is 0 Å². The van der Waals surface area contributed by atoms with E-state index in [0.717, 1.165) is 37.7 Å². The van der Waals surface area contributed by atoms with Gasteiger partial charge in [-0.25, -0.2) is 0 Å². The van der Waals surface area contributed by atoms with Gasteiger partial charge in [0.15, 0.2) is 0 Å². The van der Waals surface area contributed by atoms with E-state index in [4.69, 9.17) is 4.74 Å². The predicted molar refractivity (Wildman–Crippen MR) is 135 cm³/mol. The fourth-order valence-electron chi connectivity index (χ4n) is 4.45. The Labute approximate surface area is 197 Å². The minimum atomic E-state index is 0.680. The minimum Gasteiger partial charge on any atom is -0.492 e. The zero-order valence-corrected chi connectivity index (χ0v) is 20.6. The van der Waals surface area contributed by atoms with Crippen molar-refractivity contribution in [2.45, 2.75) is 57.1 Å². The second kappa shape index (κ2) is 11.6. The molecule has 0 saturated carbocycles. The largest absolute Gasteiger partial charge is 0.492 e. The Morgan fingerprint density at radius 1 is 1.03 bits per heavy atom. The topological polar surface area (TPSA) is 15.7 Å². The number of ether oxygens (including phenoxy) is 1. The summed E-state index contributed by atoms with van der Waals surface area (Å²) in [5.74, 6) is 2.93. The molecule has 0 N–H and O–H groups in total. The molecule has 31 heavy (non-hydrogen) atoms. The van der Waals surface area contributed by atoms with Crippen LogP contribution in [0, 0.1) is 5.92 Å². The summed E-state index contributed by atoms with van der Waals surface area (Å²) in [6, 6.07) is 15.7. The van der Waals surface area contributed by atoms with Crippen molar-refractivity contribution in [3.63, 3.8) is 0 Å². The van der Waals surface area contributed by atoms with E-state index in [1.807, 2.05) is 23.7 Å². The fraction of sp³-hybridized carbons (Fsp3) is 0.538. The first-order valence-electron chi connectivity index (χ1n) is 11.7. The molecule has 0 unspecified atom stereocenters.